The van der Waals surface area contributed by atoms with Gasteiger partial charge < -0.3 is 20.1 Å². The summed E-state index contributed by atoms with van der Waals surface area (Å²) < 4.78 is 6.01. The molecule has 0 bridgehead atoms. The zero-order valence-corrected chi connectivity index (χ0v) is 31.2. The average Bonchev–Trinajstić information content (AvgIpc) is 3.14. The standard InChI is InChI=1S/C35H45N5O2.C5H12.CH4O/c1-5-9-14-28(8-4)25-40(19-13-20-42-26-27(6-2)7-3)31-17-18-32(33(24-38)30(22-36)23-37)34(21-31)39-35(41)29-15-11-10-12-16-29;1-3-5-4-2;1-2/h10-12,15-18,21,27-28H,5-9,13-14,19-20,25-26H2,1-4H3,(H,39,41);3-5H2,1-2H3;2H,1H3. The molecule has 0 aliphatic rings. The normalized spacial score (nSPS) is 10.6. The maximum absolute atomic E-state index is 13.2. The largest absolute Gasteiger partial charge is 0.400 e. The molecule has 0 aliphatic heterocycles. The number of hydrogen-bond acceptors (Lipinski definition) is 7. The molecule has 0 radical (unpaired) electrons. The lowest BCUT2D eigenvalue weighted by Crippen LogP contribution is -2.31. The van der Waals surface area contributed by atoms with Crippen LogP contribution in [0.4, 0.5) is 11.4 Å². The van der Waals surface area contributed by atoms with E-state index in [2.05, 4.69) is 51.8 Å². The predicted molar refractivity (Wildman–Crippen MR) is 203 cm³/mol. The van der Waals surface area contributed by atoms with E-state index >= 15 is 0 Å². The van der Waals surface area contributed by atoms with Crippen molar-refractivity contribution in [2.45, 2.75) is 106 Å². The second kappa shape index (κ2) is 28.8. The van der Waals surface area contributed by atoms with Gasteiger partial charge in [-0.1, -0.05) is 111 Å². The quantitative estimate of drug-likeness (QED) is 0.106. The van der Waals surface area contributed by atoms with Crippen molar-refractivity contribution < 1.29 is 14.6 Å². The fourth-order valence-electron chi connectivity index (χ4n) is 5.26. The number of aliphatic hydroxyl groups is 1. The number of ether oxygens (including phenoxy) is 1. The maximum atomic E-state index is 13.2. The highest BCUT2D eigenvalue weighted by Crippen LogP contribution is 2.32. The van der Waals surface area contributed by atoms with Gasteiger partial charge in [0.05, 0.1) is 11.3 Å². The van der Waals surface area contributed by atoms with E-state index in [1.807, 2.05) is 36.4 Å². The highest BCUT2D eigenvalue weighted by Gasteiger charge is 2.20. The number of amides is 1. The van der Waals surface area contributed by atoms with Crippen LogP contribution in [0.25, 0.3) is 5.57 Å². The summed E-state index contributed by atoms with van der Waals surface area (Å²) in [5.41, 5.74) is 1.75. The van der Waals surface area contributed by atoms with Gasteiger partial charge in [-0.3, -0.25) is 4.79 Å². The summed E-state index contributed by atoms with van der Waals surface area (Å²) in [6.07, 6.45) is 11.7. The zero-order valence-electron chi connectivity index (χ0n) is 31.2. The molecule has 2 aromatic carbocycles. The Morgan fingerprint density at radius 1 is 0.816 bits per heavy atom. The highest BCUT2D eigenvalue weighted by atomic mass is 16.5. The van der Waals surface area contributed by atoms with Crippen molar-refractivity contribution in [1.82, 2.24) is 0 Å². The molecular formula is C41H61N5O3. The summed E-state index contributed by atoms with van der Waals surface area (Å²) in [6, 6.07) is 20.0. The van der Waals surface area contributed by atoms with Gasteiger partial charge in [-0.05, 0) is 55.0 Å². The van der Waals surface area contributed by atoms with Crippen LogP contribution >= 0.6 is 0 Å². The molecule has 49 heavy (non-hydrogen) atoms. The third-order valence-electron chi connectivity index (χ3n) is 8.46. The SMILES string of the molecule is CCCCC.CCCCC(CC)CN(CCCOCC(CC)CC)c1ccc(C(C#N)=C(C#N)C#N)c(NC(=O)c2ccccc2)c1.CO. The van der Waals surface area contributed by atoms with Crippen LogP contribution in [0.5, 0.6) is 0 Å². The van der Waals surface area contributed by atoms with Crippen LogP contribution in [0.2, 0.25) is 0 Å². The first-order valence-electron chi connectivity index (χ1n) is 18.1. The van der Waals surface area contributed by atoms with Gasteiger partial charge in [0.25, 0.3) is 5.91 Å². The Bertz CT molecular complexity index is 1320. The molecule has 0 saturated heterocycles. The zero-order chi connectivity index (χ0) is 36.9. The van der Waals surface area contributed by atoms with E-state index in [1.54, 1.807) is 30.3 Å². The van der Waals surface area contributed by atoms with Crippen molar-refractivity contribution >= 4 is 22.9 Å². The van der Waals surface area contributed by atoms with Crippen molar-refractivity contribution in [2.24, 2.45) is 11.8 Å². The lowest BCUT2D eigenvalue weighted by atomic mass is 9.97. The van der Waals surface area contributed by atoms with Gasteiger partial charge in [0.15, 0.2) is 0 Å². The van der Waals surface area contributed by atoms with Crippen LogP contribution in [0, 0.1) is 45.8 Å². The van der Waals surface area contributed by atoms with Gasteiger partial charge in [0.2, 0.25) is 0 Å². The highest BCUT2D eigenvalue weighted by molar-refractivity contribution is 6.06. The minimum Gasteiger partial charge on any atom is -0.400 e. The molecule has 2 rings (SSSR count). The average molecular weight is 672 g/mol. The molecule has 8 heteroatoms. The lowest BCUT2D eigenvalue weighted by Gasteiger charge is -2.30. The molecule has 0 heterocycles. The first-order valence-corrected chi connectivity index (χ1v) is 18.1. The van der Waals surface area contributed by atoms with Gasteiger partial charge in [-0.15, -0.1) is 0 Å². The molecule has 8 nitrogen and oxygen atoms in total. The van der Waals surface area contributed by atoms with E-state index in [0.717, 1.165) is 71.0 Å². The number of carbonyl (C=O) groups is 1. The number of carbonyl (C=O) groups excluding carboxylic acids is 1. The van der Waals surface area contributed by atoms with Gasteiger partial charge in [-0.25, -0.2) is 0 Å². The molecule has 0 spiro atoms. The van der Waals surface area contributed by atoms with Crippen molar-refractivity contribution in [2.75, 3.05) is 43.6 Å². The third-order valence-corrected chi connectivity index (χ3v) is 8.46. The molecule has 0 aromatic heterocycles. The van der Waals surface area contributed by atoms with Gasteiger partial charge in [0.1, 0.15) is 23.8 Å². The van der Waals surface area contributed by atoms with Crippen molar-refractivity contribution in [3.63, 3.8) is 0 Å². The molecule has 268 valence electrons. The molecule has 1 amide bonds. The Morgan fingerprint density at radius 2 is 1.43 bits per heavy atom. The van der Waals surface area contributed by atoms with E-state index in [1.165, 1.54) is 25.7 Å². The van der Waals surface area contributed by atoms with Crippen LogP contribution < -0.4 is 10.2 Å². The van der Waals surface area contributed by atoms with Crippen LogP contribution in [0.15, 0.2) is 54.1 Å². The first kappa shape index (κ1) is 44.8. The number of allylic oxidation sites excluding steroid dienone is 2. The smallest absolute Gasteiger partial charge is 0.255 e. The van der Waals surface area contributed by atoms with E-state index in [-0.39, 0.29) is 17.1 Å². The van der Waals surface area contributed by atoms with Gasteiger partial charge in [-0.2, -0.15) is 15.8 Å². The van der Waals surface area contributed by atoms with Crippen molar-refractivity contribution in [3.8, 4) is 18.2 Å². The Hall–Kier alpha value is -4.16. The Morgan fingerprint density at radius 3 is 1.94 bits per heavy atom. The van der Waals surface area contributed by atoms with Crippen molar-refractivity contribution in [3.05, 3.63) is 65.2 Å². The number of anilines is 2. The fraction of sp³-hybridized carbons (Fsp3) is 0.561. The van der Waals surface area contributed by atoms with Gasteiger partial charge in [0, 0.05) is 50.2 Å². The Kier molecular flexibility index (Phi) is 26.4. The minimum atomic E-state index is -0.336. The summed E-state index contributed by atoms with van der Waals surface area (Å²) in [7, 11) is 1.00. The van der Waals surface area contributed by atoms with Gasteiger partial charge >= 0.3 is 0 Å². The Balaban J connectivity index is 0.00000300. The summed E-state index contributed by atoms with van der Waals surface area (Å²) >= 11 is 0. The number of nitriles is 3. The summed E-state index contributed by atoms with van der Waals surface area (Å²) in [5.74, 6) is 0.755. The number of nitrogens with zero attached hydrogens (tertiary/aromatic N) is 4. The lowest BCUT2D eigenvalue weighted by molar-refractivity contribution is 0.0954. The van der Waals surface area contributed by atoms with E-state index in [9.17, 15) is 20.6 Å². The van der Waals surface area contributed by atoms with Crippen LogP contribution in [-0.4, -0.2) is 44.4 Å². The molecule has 0 fully saturated rings. The molecule has 2 aromatic rings. The third kappa shape index (κ3) is 17.2. The van der Waals surface area contributed by atoms with E-state index < -0.39 is 0 Å². The number of rotatable bonds is 20. The number of hydrogen-bond donors (Lipinski definition) is 2. The number of nitrogens with one attached hydrogen (secondary N) is 1. The van der Waals surface area contributed by atoms with Crippen LogP contribution in [0.3, 0.4) is 0 Å². The minimum absolute atomic E-state index is 0.0642. The predicted octanol–water partition coefficient (Wildman–Crippen LogP) is 9.93. The Labute approximate surface area is 297 Å². The molecule has 1 unspecified atom stereocenters. The molecule has 1 atom stereocenters. The fourth-order valence-corrected chi connectivity index (χ4v) is 5.26. The van der Waals surface area contributed by atoms with Crippen molar-refractivity contribution in [1.29, 1.82) is 15.8 Å². The molecule has 2 N–H and O–H groups in total. The summed E-state index contributed by atoms with van der Waals surface area (Å²) in [4.78, 5) is 15.5. The monoisotopic (exact) mass is 671 g/mol. The second-order valence-corrected chi connectivity index (χ2v) is 12.0. The van der Waals surface area contributed by atoms with Crippen LogP contribution in [0.1, 0.15) is 122 Å². The number of benzene rings is 2. The van der Waals surface area contributed by atoms with E-state index in [0.29, 0.717) is 35.3 Å². The molecular weight excluding hydrogens is 610 g/mol. The topological polar surface area (TPSA) is 133 Å². The molecule has 0 saturated carbocycles. The second-order valence-electron chi connectivity index (χ2n) is 12.0. The number of unbranched alkanes of at least 4 members (excludes halogenated alkanes) is 3. The first-order chi connectivity index (χ1) is 23.9. The van der Waals surface area contributed by atoms with E-state index in [4.69, 9.17) is 9.84 Å². The summed E-state index contributed by atoms with van der Waals surface area (Å²) in [6.45, 7) is 16.3. The maximum Gasteiger partial charge on any atom is 0.255 e. The number of aliphatic hydroxyl groups excluding tert-OH is 1. The molecule has 0 aliphatic carbocycles. The summed E-state index contributed by atoms with van der Waals surface area (Å²) in [5, 5.41) is 38.8. The van der Waals surface area contributed by atoms with Crippen LogP contribution in [-0.2, 0) is 4.74 Å².